The summed E-state index contributed by atoms with van der Waals surface area (Å²) in [5.41, 5.74) is 7.33. The first kappa shape index (κ1) is 19.8. The van der Waals surface area contributed by atoms with Crippen molar-refractivity contribution in [3.05, 3.63) is 121 Å². The van der Waals surface area contributed by atoms with E-state index >= 15 is 0 Å². The summed E-state index contributed by atoms with van der Waals surface area (Å²) in [5.74, 6) is 0. The van der Waals surface area contributed by atoms with Gasteiger partial charge in [-0.15, -0.1) is 11.3 Å². The number of hydrogen-bond donors (Lipinski definition) is 0. The topological polar surface area (TPSA) is 3.24 Å². The van der Waals surface area contributed by atoms with Crippen LogP contribution in [0.4, 0.5) is 11.4 Å². The van der Waals surface area contributed by atoms with E-state index in [9.17, 15) is 0 Å². The lowest BCUT2D eigenvalue weighted by Gasteiger charge is -2.23. The van der Waals surface area contributed by atoms with Gasteiger partial charge in [0.25, 0.3) is 0 Å². The summed E-state index contributed by atoms with van der Waals surface area (Å²) in [4.78, 5) is 2.27. The lowest BCUT2D eigenvalue weighted by molar-refractivity contribution is 1.21. The number of thiophene rings is 1. The van der Waals surface area contributed by atoms with Gasteiger partial charge in [-0.1, -0.05) is 91.0 Å². The predicted molar refractivity (Wildman–Crippen MR) is 145 cm³/mol. The number of rotatable bonds is 4. The molecule has 0 bridgehead atoms. The summed E-state index contributed by atoms with van der Waals surface area (Å²) in [7, 11) is 2.14. The van der Waals surface area contributed by atoms with Crippen LogP contribution in [0.15, 0.2) is 121 Å². The van der Waals surface area contributed by atoms with Crippen molar-refractivity contribution in [2.75, 3.05) is 11.9 Å². The number of fused-ring (bicyclic) bond motifs is 3. The van der Waals surface area contributed by atoms with Gasteiger partial charge in [0.15, 0.2) is 0 Å². The normalized spacial score (nSPS) is 11.2. The number of hydrogen-bond acceptors (Lipinski definition) is 2. The lowest BCUT2D eigenvalue weighted by atomic mass is 10.0. The zero-order valence-corrected chi connectivity index (χ0v) is 19.2. The molecule has 0 radical (unpaired) electrons. The molecule has 0 aliphatic heterocycles. The van der Waals surface area contributed by atoms with Gasteiger partial charge < -0.3 is 4.90 Å². The first-order chi connectivity index (χ1) is 16.3. The molecule has 5 aromatic carbocycles. The van der Waals surface area contributed by atoms with Crippen molar-refractivity contribution in [2.45, 2.75) is 0 Å². The van der Waals surface area contributed by atoms with Crippen LogP contribution in [0.5, 0.6) is 0 Å². The van der Waals surface area contributed by atoms with Crippen LogP contribution in [0.1, 0.15) is 0 Å². The van der Waals surface area contributed by atoms with Crippen LogP contribution in [0.2, 0.25) is 0 Å². The van der Waals surface area contributed by atoms with E-state index in [1.807, 2.05) is 11.3 Å². The number of benzene rings is 5. The monoisotopic (exact) mass is 441 g/mol. The summed E-state index contributed by atoms with van der Waals surface area (Å²) in [6.07, 6.45) is 0. The van der Waals surface area contributed by atoms with Crippen molar-refractivity contribution in [3.8, 4) is 22.3 Å². The third-order valence-corrected chi connectivity index (χ3v) is 7.45. The Balaban J connectivity index is 1.34. The molecule has 0 aliphatic rings. The van der Waals surface area contributed by atoms with Crippen molar-refractivity contribution < 1.29 is 0 Å². The van der Waals surface area contributed by atoms with E-state index < -0.39 is 0 Å². The summed E-state index contributed by atoms with van der Waals surface area (Å²) in [6.45, 7) is 0. The fourth-order valence-corrected chi connectivity index (χ4v) is 5.70. The molecule has 1 aromatic heterocycles. The molecule has 0 amide bonds. The summed E-state index contributed by atoms with van der Waals surface area (Å²) < 4.78 is 2.69. The summed E-state index contributed by atoms with van der Waals surface area (Å²) in [6, 6.07) is 43.5. The molecule has 1 nitrogen and oxygen atoms in total. The molecule has 2 heteroatoms. The fraction of sp³-hybridized carbons (Fsp3) is 0.0323. The van der Waals surface area contributed by atoms with E-state index in [0.29, 0.717) is 0 Å². The predicted octanol–water partition coefficient (Wildman–Crippen LogP) is 9.16. The van der Waals surface area contributed by atoms with Crippen molar-refractivity contribution in [2.24, 2.45) is 0 Å². The van der Waals surface area contributed by atoms with E-state index in [2.05, 4.69) is 133 Å². The molecule has 0 fully saturated rings. The van der Waals surface area contributed by atoms with E-state index in [4.69, 9.17) is 0 Å². The minimum absolute atomic E-state index is 1.17. The molecule has 33 heavy (non-hydrogen) atoms. The largest absolute Gasteiger partial charge is 0.344 e. The molecular weight excluding hydrogens is 418 g/mol. The van der Waals surface area contributed by atoms with Gasteiger partial charge in [0.2, 0.25) is 0 Å². The second kappa shape index (κ2) is 8.23. The van der Waals surface area contributed by atoms with Crippen molar-refractivity contribution in [1.29, 1.82) is 0 Å². The van der Waals surface area contributed by atoms with Crippen LogP contribution in [0, 0.1) is 0 Å². The van der Waals surface area contributed by atoms with Crippen LogP contribution >= 0.6 is 11.3 Å². The van der Waals surface area contributed by atoms with Crippen LogP contribution in [-0.4, -0.2) is 7.05 Å². The van der Waals surface area contributed by atoms with Gasteiger partial charge in [-0.25, -0.2) is 0 Å². The summed E-state index contributed by atoms with van der Waals surface area (Å²) in [5, 5.41) is 2.69. The second-order valence-corrected chi connectivity index (χ2v) is 9.38. The molecule has 1 heterocycles. The van der Waals surface area contributed by atoms with E-state index in [0.717, 1.165) is 0 Å². The molecule has 0 N–H and O–H groups in total. The van der Waals surface area contributed by atoms with Gasteiger partial charge >= 0.3 is 0 Å². The molecule has 6 rings (SSSR count). The molecule has 0 unspecified atom stereocenters. The first-order valence-corrected chi connectivity index (χ1v) is 12.0. The van der Waals surface area contributed by atoms with Crippen molar-refractivity contribution in [1.82, 2.24) is 0 Å². The standard InChI is InChI=1S/C31H23NS/c1-32(29-13-7-5-11-26(29)23-9-3-2-4-10-23)25-18-15-22(16-19-25)24-17-20-28-27-12-6-8-14-30(27)33-31(28)21-24/h2-21H,1H3. The lowest BCUT2D eigenvalue weighted by Crippen LogP contribution is -2.10. The Morgan fingerprint density at radius 1 is 0.515 bits per heavy atom. The smallest absolute Gasteiger partial charge is 0.0487 e. The highest BCUT2D eigenvalue weighted by molar-refractivity contribution is 7.25. The van der Waals surface area contributed by atoms with Gasteiger partial charge in [-0.05, 0) is 47.0 Å². The Labute approximate surface area is 198 Å². The van der Waals surface area contributed by atoms with Crippen LogP contribution in [0.3, 0.4) is 0 Å². The van der Waals surface area contributed by atoms with Gasteiger partial charge in [0, 0.05) is 44.2 Å². The van der Waals surface area contributed by atoms with Gasteiger partial charge in [-0.2, -0.15) is 0 Å². The van der Waals surface area contributed by atoms with E-state index in [1.54, 1.807) is 0 Å². The minimum Gasteiger partial charge on any atom is -0.344 e. The highest BCUT2D eigenvalue weighted by atomic mass is 32.1. The minimum atomic E-state index is 1.17. The maximum Gasteiger partial charge on any atom is 0.0487 e. The summed E-state index contributed by atoms with van der Waals surface area (Å²) >= 11 is 1.87. The van der Waals surface area contributed by atoms with Crippen molar-refractivity contribution in [3.63, 3.8) is 0 Å². The maximum atomic E-state index is 2.32. The molecule has 0 saturated heterocycles. The average Bonchev–Trinajstić information content (AvgIpc) is 3.27. The molecule has 0 spiro atoms. The van der Waals surface area contributed by atoms with E-state index in [1.165, 1.54) is 53.8 Å². The first-order valence-electron chi connectivity index (χ1n) is 11.2. The fourth-order valence-electron chi connectivity index (χ4n) is 4.55. The van der Waals surface area contributed by atoms with Crippen molar-refractivity contribution >= 4 is 42.9 Å². The molecule has 0 atom stereocenters. The molecule has 158 valence electrons. The van der Waals surface area contributed by atoms with Crippen LogP contribution < -0.4 is 4.90 Å². The zero-order valence-electron chi connectivity index (χ0n) is 18.4. The molecule has 0 aliphatic carbocycles. The van der Waals surface area contributed by atoms with Crippen LogP contribution in [-0.2, 0) is 0 Å². The zero-order chi connectivity index (χ0) is 22.2. The Morgan fingerprint density at radius 2 is 1.18 bits per heavy atom. The molecular formula is C31H23NS. The number of anilines is 2. The SMILES string of the molecule is CN(c1ccc(-c2ccc3c(c2)sc2ccccc23)cc1)c1ccccc1-c1ccccc1. The third-order valence-electron chi connectivity index (χ3n) is 6.32. The van der Waals surface area contributed by atoms with Gasteiger partial charge in [0.05, 0.1) is 0 Å². The number of para-hydroxylation sites is 1. The van der Waals surface area contributed by atoms with Gasteiger partial charge in [-0.3, -0.25) is 0 Å². The maximum absolute atomic E-state index is 2.32. The highest BCUT2D eigenvalue weighted by Crippen LogP contribution is 2.37. The quantitative estimate of drug-likeness (QED) is 0.263. The molecule has 0 saturated carbocycles. The number of nitrogens with zero attached hydrogens (tertiary/aromatic N) is 1. The average molecular weight is 442 g/mol. The highest BCUT2D eigenvalue weighted by Gasteiger charge is 2.11. The Hall–Kier alpha value is -3.88. The Morgan fingerprint density at radius 3 is 2.03 bits per heavy atom. The molecule has 6 aromatic rings. The van der Waals surface area contributed by atoms with E-state index in [-0.39, 0.29) is 0 Å². The second-order valence-electron chi connectivity index (χ2n) is 8.30. The third kappa shape index (κ3) is 3.59. The Bertz CT molecular complexity index is 1560. The van der Waals surface area contributed by atoms with Gasteiger partial charge in [0.1, 0.15) is 0 Å². The van der Waals surface area contributed by atoms with Crippen LogP contribution in [0.25, 0.3) is 42.4 Å². The Kier molecular flexibility index (Phi) is 4.93.